The van der Waals surface area contributed by atoms with E-state index in [2.05, 4.69) is 62.1 Å². The van der Waals surface area contributed by atoms with Gasteiger partial charge in [0.15, 0.2) is 0 Å². The fraction of sp³-hybridized carbons (Fsp3) is 0.477. The number of anilines is 4. The molecule has 10 aromatic rings. The zero-order valence-corrected chi connectivity index (χ0v) is 70.9. The highest BCUT2D eigenvalue weighted by Gasteiger charge is 2.32. The number of halogens is 1. The first-order valence-electron chi connectivity index (χ1n) is 39.7. The van der Waals surface area contributed by atoms with Crippen LogP contribution in [0.3, 0.4) is 0 Å². The van der Waals surface area contributed by atoms with Crippen molar-refractivity contribution < 1.29 is 79.8 Å². The lowest BCUT2D eigenvalue weighted by atomic mass is 9.98. The van der Waals surface area contributed by atoms with Crippen LogP contribution in [0.15, 0.2) is 87.9 Å². The van der Waals surface area contributed by atoms with Gasteiger partial charge in [0.05, 0.1) is 68.4 Å². The number of aromatic carboxylic acids is 1. The van der Waals surface area contributed by atoms with Crippen LogP contribution in [0.4, 0.5) is 22.7 Å². The van der Waals surface area contributed by atoms with Gasteiger partial charge in [0, 0.05) is 183 Å². The third-order valence-corrected chi connectivity index (χ3v) is 21.9. The quantitative estimate of drug-likeness (QED) is 0.0386. The van der Waals surface area contributed by atoms with E-state index in [1.807, 2.05) is 91.8 Å². The van der Waals surface area contributed by atoms with Crippen LogP contribution in [0.25, 0.3) is 43.9 Å². The molecule has 28 heteroatoms. The molecule has 0 unspecified atom stereocenters. The number of aromatic nitrogens is 2. The Hall–Kier alpha value is -10.3. The molecule has 0 spiro atoms. The van der Waals surface area contributed by atoms with E-state index in [0.717, 1.165) is 219 Å². The predicted molar refractivity (Wildman–Crippen MR) is 453 cm³/mol. The first-order chi connectivity index (χ1) is 55.2. The topological polar surface area (TPSA) is 340 Å². The number of aromatic amines is 2. The lowest BCUT2D eigenvalue weighted by Gasteiger charge is -2.36. The molecule has 10 heterocycles. The summed E-state index contributed by atoms with van der Waals surface area (Å²) in [5, 5.41) is 19.2. The van der Waals surface area contributed by atoms with Gasteiger partial charge in [-0.2, -0.15) is 0 Å². The average Bonchev–Trinajstić information content (AvgIpc) is 1.58. The molecule has 6 aromatic heterocycles. The van der Waals surface area contributed by atoms with Gasteiger partial charge in [0.1, 0.15) is 56.9 Å². The second-order valence-corrected chi connectivity index (χ2v) is 29.4. The molecule has 116 heavy (non-hydrogen) atoms. The third kappa shape index (κ3) is 20.6. The van der Waals surface area contributed by atoms with E-state index in [0.29, 0.717) is 96.9 Å². The maximum Gasteiger partial charge on any atom is 0.338 e. The summed E-state index contributed by atoms with van der Waals surface area (Å²) in [4.78, 5) is 86.1. The van der Waals surface area contributed by atoms with Crippen molar-refractivity contribution in [1.29, 1.82) is 0 Å². The Morgan fingerprint density at radius 3 is 1.15 bits per heavy atom. The fourth-order valence-corrected chi connectivity index (χ4v) is 16.2. The highest BCUT2D eigenvalue weighted by molar-refractivity contribution is 6.10. The number of hydrogen-bond acceptors (Lipinski definition) is 23. The van der Waals surface area contributed by atoms with Gasteiger partial charge in [-0.1, -0.05) is 0 Å². The Morgan fingerprint density at radius 2 is 0.784 bits per heavy atom. The summed E-state index contributed by atoms with van der Waals surface area (Å²) < 4.78 is 65.5. The molecule has 0 bridgehead atoms. The summed E-state index contributed by atoms with van der Waals surface area (Å²) in [7, 11) is 5.86. The normalized spacial score (nSPS) is 14.7. The van der Waals surface area contributed by atoms with E-state index in [1.54, 1.807) is 32.0 Å². The maximum atomic E-state index is 13.5. The van der Waals surface area contributed by atoms with E-state index in [1.165, 1.54) is 28.4 Å². The van der Waals surface area contributed by atoms with E-state index >= 15 is 0 Å². The van der Waals surface area contributed by atoms with Crippen LogP contribution in [0.1, 0.15) is 181 Å². The average molecular weight is 1620 g/mol. The number of H-pyrrole nitrogens is 2. The smallest absolute Gasteiger partial charge is 0.338 e. The molecule has 0 saturated carbocycles. The molecule has 4 aliphatic rings. The molecular weight excluding hydrogens is 1510 g/mol. The highest BCUT2D eigenvalue weighted by atomic mass is 35.5. The number of nitrogens with zero attached hydrogens (tertiary/aromatic N) is 3. The second kappa shape index (κ2) is 41.0. The van der Waals surface area contributed by atoms with E-state index in [4.69, 9.17) is 61.3 Å². The van der Waals surface area contributed by atoms with Crippen LogP contribution in [-0.4, -0.2) is 164 Å². The first-order valence-corrected chi connectivity index (χ1v) is 39.7. The van der Waals surface area contributed by atoms with Crippen molar-refractivity contribution in [2.45, 2.75) is 179 Å². The number of carbonyl (C=O) groups is 4. The SMILES string of the molecule is CCN(c1cc2oc(C)cc2c(C(=O)NCc2c(OC)cc(C)[nH]c2=O)c1C)C1CCOCC1.CCN(c1cc2oc(C)cc2c(C(=O)O)c1C)C1CCOCC1.CCN(c1cc2oc(C)cc2c(C(=O)OC)c1C)C1CCOCC1.COC(=O)c1c(C)c(NC2CCOCC2)cc2oc(C)cc12.COc1cc(C)[nH]c(=O)c1CN.Cl. The zero-order chi connectivity index (χ0) is 83.1. The number of ether oxygens (including phenoxy) is 8. The molecule has 1 amide bonds. The summed E-state index contributed by atoms with van der Waals surface area (Å²) in [5.41, 5.74) is 19.6. The van der Waals surface area contributed by atoms with Gasteiger partial charge in [-0.05, 0) is 200 Å². The summed E-state index contributed by atoms with van der Waals surface area (Å²) in [5.74, 6) is 2.24. The number of carbonyl (C=O) groups excluding carboxylic acids is 3. The number of pyridine rings is 2. The number of carboxylic acid groups (broad SMARTS) is 1. The van der Waals surface area contributed by atoms with Crippen molar-refractivity contribution in [1.82, 2.24) is 15.3 Å². The Labute approximate surface area is 682 Å². The Morgan fingerprint density at radius 1 is 0.457 bits per heavy atom. The molecule has 628 valence electrons. The number of fused-ring (bicyclic) bond motifs is 4. The Bertz CT molecular complexity index is 5200. The van der Waals surface area contributed by atoms with Crippen LogP contribution < -0.4 is 51.7 Å². The minimum Gasteiger partial charge on any atom is -0.496 e. The van der Waals surface area contributed by atoms with Crippen molar-refractivity contribution in [3.8, 4) is 11.5 Å². The second-order valence-electron chi connectivity index (χ2n) is 29.4. The van der Waals surface area contributed by atoms with E-state index < -0.39 is 5.97 Å². The summed E-state index contributed by atoms with van der Waals surface area (Å²) >= 11 is 0. The van der Waals surface area contributed by atoms with E-state index in [9.17, 15) is 33.9 Å². The molecule has 4 fully saturated rings. The number of nitrogens with two attached hydrogens (primary N) is 1. The molecule has 14 rings (SSSR count). The molecule has 0 aliphatic carbocycles. The number of furan rings is 4. The lowest BCUT2D eigenvalue weighted by Crippen LogP contribution is -2.40. The molecule has 4 aliphatic heterocycles. The highest BCUT2D eigenvalue weighted by Crippen LogP contribution is 2.40. The molecule has 4 saturated heterocycles. The van der Waals surface area contributed by atoms with Gasteiger partial charge in [0.2, 0.25) is 0 Å². The number of amides is 1. The molecule has 27 nitrogen and oxygen atoms in total. The van der Waals surface area contributed by atoms with Crippen molar-refractivity contribution in [3.05, 3.63) is 171 Å². The van der Waals surface area contributed by atoms with Gasteiger partial charge in [-0.25, -0.2) is 14.4 Å². The Balaban J connectivity index is 0.000000170. The van der Waals surface area contributed by atoms with Gasteiger partial charge in [-0.3, -0.25) is 14.4 Å². The first kappa shape index (κ1) is 89.6. The van der Waals surface area contributed by atoms with Crippen LogP contribution in [0, 0.1) is 69.2 Å². The van der Waals surface area contributed by atoms with Crippen LogP contribution in [0.5, 0.6) is 11.5 Å². The molecular formula is C88H115ClN8O19. The summed E-state index contributed by atoms with van der Waals surface area (Å²) in [6.45, 7) is 34.1. The molecule has 0 atom stereocenters. The lowest BCUT2D eigenvalue weighted by molar-refractivity contribution is 0.0593. The van der Waals surface area contributed by atoms with Crippen LogP contribution >= 0.6 is 12.4 Å². The van der Waals surface area contributed by atoms with Crippen molar-refractivity contribution in [2.24, 2.45) is 5.73 Å². The minimum atomic E-state index is -0.904. The predicted octanol–water partition coefficient (Wildman–Crippen LogP) is 15.6. The third-order valence-electron chi connectivity index (χ3n) is 21.9. The molecule has 7 N–H and O–H groups in total. The summed E-state index contributed by atoms with van der Waals surface area (Å²) in [6.07, 6.45) is 7.73. The van der Waals surface area contributed by atoms with Gasteiger partial charge >= 0.3 is 17.9 Å². The van der Waals surface area contributed by atoms with Gasteiger partial charge in [-0.15, -0.1) is 12.4 Å². The summed E-state index contributed by atoms with van der Waals surface area (Å²) in [6, 6.07) is 20.5. The number of esters is 2. The number of carboxylic acids is 1. The standard InChI is InChI=1S/C26H33N3O5.C19H25NO4.C18H23NO4.C17H21NO4.C8H12N2O2.ClH/c1-6-29(18-7-9-33-10-8-18)21-13-23-19(12-16(3)34-23)24(17(21)4)26(31)27-14-20-22(32-5)11-15(2)28-25(20)30;1-5-20(14-6-8-23-9-7-14)16-11-17-15(10-12(2)24-17)18(13(16)3)19(21)22-4;1-4-19(13-5-7-22-8-6-13)15-10-16-14(9-11(2)23-16)17(12(15)3)18(20)21;1-10-8-13-15(22-10)9-14(11(2)16(13)17(19)20-3)18-12-4-6-21-7-5-12;1-5-3-7(12-2)6(4-9)8(11)10-5;/h11-13,18H,6-10,14H2,1-5H3,(H,27,31)(H,28,30);10-11,14H,5-9H2,1-4H3;9-10,13H,4-8H2,1-3H3,(H,20,21);8-9,12,18H,4-7H2,1-3H3;3H,4,9H2,1-2H3,(H,10,11);1H. The zero-order valence-electron chi connectivity index (χ0n) is 70.1. The van der Waals surface area contributed by atoms with E-state index in [-0.39, 0.29) is 54.5 Å². The number of rotatable bonds is 20. The van der Waals surface area contributed by atoms with Crippen molar-refractivity contribution in [3.63, 3.8) is 0 Å². The van der Waals surface area contributed by atoms with Crippen molar-refractivity contribution in [2.75, 3.05) is 121 Å². The number of hydrogen-bond donors (Lipinski definition) is 6. The minimum absolute atomic E-state index is 0. The fourth-order valence-electron chi connectivity index (χ4n) is 16.2. The maximum absolute atomic E-state index is 13.5. The number of aryl methyl sites for hydroxylation is 6. The molecule has 0 radical (unpaired) electrons. The molecule has 4 aromatic carbocycles. The number of nitrogens with one attached hydrogen (secondary N) is 4. The largest absolute Gasteiger partial charge is 0.496 e. The number of methoxy groups -OCH3 is 4. The van der Waals surface area contributed by atoms with Gasteiger partial charge < -0.3 is 102 Å². The van der Waals surface area contributed by atoms with Gasteiger partial charge in [0.25, 0.3) is 17.0 Å². The van der Waals surface area contributed by atoms with Crippen LogP contribution in [-0.2, 0) is 41.5 Å². The van der Waals surface area contributed by atoms with Crippen molar-refractivity contribution >= 4 is 103 Å². The van der Waals surface area contributed by atoms with Crippen LogP contribution in [0.2, 0.25) is 0 Å². The monoisotopic (exact) mass is 1620 g/mol. The Kier molecular flexibility index (Phi) is 31.7. The number of benzene rings is 4.